The quantitative estimate of drug-likeness (QED) is 0.590. The van der Waals surface area contributed by atoms with E-state index in [0.717, 1.165) is 0 Å². The van der Waals surface area contributed by atoms with E-state index in [0.29, 0.717) is 33.5 Å². The van der Waals surface area contributed by atoms with Gasteiger partial charge in [0.1, 0.15) is 5.75 Å². The Bertz CT molecular complexity index is 854. The summed E-state index contributed by atoms with van der Waals surface area (Å²) in [7, 11) is 0. The third-order valence-corrected chi connectivity index (χ3v) is 3.75. The number of aromatic carboxylic acids is 1. The Morgan fingerprint density at radius 3 is 2.62 bits per heavy atom. The Morgan fingerprint density at radius 1 is 1.29 bits per heavy atom. The predicted octanol–water partition coefficient (Wildman–Crippen LogP) is 5.15. The molecule has 0 radical (unpaired) electrons. The van der Waals surface area contributed by atoms with Gasteiger partial charge in [0.05, 0.1) is 28.8 Å². The molecule has 2 aromatic carbocycles. The highest BCUT2D eigenvalue weighted by atomic mass is 35.5. The van der Waals surface area contributed by atoms with E-state index in [9.17, 15) is 10.1 Å². The van der Waals surface area contributed by atoms with Crippen LogP contribution in [-0.2, 0) is 0 Å². The first-order valence-electron chi connectivity index (χ1n) is 7.03. The Labute approximate surface area is 149 Å². The molecule has 0 heterocycles. The zero-order chi connectivity index (χ0) is 17.7. The van der Waals surface area contributed by atoms with Crippen LogP contribution >= 0.6 is 23.2 Å². The van der Waals surface area contributed by atoms with E-state index >= 15 is 0 Å². The van der Waals surface area contributed by atoms with E-state index in [4.69, 9.17) is 33.0 Å². The highest BCUT2D eigenvalue weighted by Gasteiger charge is 2.12. The van der Waals surface area contributed by atoms with Gasteiger partial charge < -0.3 is 9.84 Å². The van der Waals surface area contributed by atoms with Crippen LogP contribution in [0.5, 0.6) is 5.75 Å². The fraction of sp³-hybridized carbons (Fsp3) is 0.111. The fourth-order valence-electron chi connectivity index (χ4n) is 2.11. The first kappa shape index (κ1) is 17.9. The number of halogens is 2. The van der Waals surface area contributed by atoms with Crippen molar-refractivity contribution < 1.29 is 14.6 Å². The van der Waals surface area contributed by atoms with Gasteiger partial charge in [-0.05, 0) is 43.3 Å². The van der Waals surface area contributed by atoms with Gasteiger partial charge in [-0.2, -0.15) is 5.26 Å². The van der Waals surface area contributed by atoms with E-state index < -0.39 is 5.97 Å². The molecule has 6 heteroatoms. The van der Waals surface area contributed by atoms with Gasteiger partial charge in [-0.3, -0.25) is 0 Å². The summed E-state index contributed by atoms with van der Waals surface area (Å²) in [6, 6.07) is 11.4. The van der Waals surface area contributed by atoms with Crippen LogP contribution in [0, 0.1) is 11.3 Å². The molecule has 4 nitrogen and oxygen atoms in total. The van der Waals surface area contributed by atoms with Crippen molar-refractivity contribution in [3.05, 3.63) is 63.1 Å². The van der Waals surface area contributed by atoms with Gasteiger partial charge in [0.2, 0.25) is 0 Å². The number of carbonyl (C=O) groups is 1. The minimum atomic E-state index is -1.06. The standard InChI is InChI=1S/C18H13Cl2NO3/c1-2-24-17-6-3-11(18(22)23)7-12(17)8-13(10-21)15-5-4-14(19)9-16(15)20/h3-9H,2H2,1H3,(H,22,23)/b13-8+. The van der Waals surface area contributed by atoms with Crippen molar-refractivity contribution in [2.24, 2.45) is 0 Å². The monoisotopic (exact) mass is 361 g/mol. The predicted molar refractivity (Wildman–Crippen MR) is 94.5 cm³/mol. The first-order chi connectivity index (χ1) is 11.5. The van der Waals surface area contributed by atoms with Crippen LogP contribution in [0.1, 0.15) is 28.4 Å². The molecule has 0 saturated heterocycles. The maximum atomic E-state index is 11.2. The molecule has 2 aromatic rings. The molecule has 1 N–H and O–H groups in total. The van der Waals surface area contributed by atoms with Gasteiger partial charge in [0, 0.05) is 16.1 Å². The summed E-state index contributed by atoms with van der Waals surface area (Å²) in [4.78, 5) is 11.2. The van der Waals surface area contributed by atoms with Crippen molar-refractivity contribution in [1.29, 1.82) is 5.26 Å². The van der Waals surface area contributed by atoms with Gasteiger partial charge in [-0.15, -0.1) is 0 Å². The number of carboxylic acids is 1. The first-order valence-corrected chi connectivity index (χ1v) is 7.79. The highest BCUT2D eigenvalue weighted by molar-refractivity contribution is 6.36. The number of carboxylic acid groups (broad SMARTS) is 1. The molecule has 0 unspecified atom stereocenters. The van der Waals surface area contributed by atoms with Crippen molar-refractivity contribution >= 4 is 40.8 Å². The Morgan fingerprint density at radius 2 is 2.04 bits per heavy atom. The number of ether oxygens (including phenoxy) is 1. The molecule has 0 aliphatic heterocycles. The molecule has 0 aliphatic rings. The molecule has 0 aliphatic carbocycles. The topological polar surface area (TPSA) is 70.3 Å². The van der Waals surface area contributed by atoms with Crippen molar-refractivity contribution in [1.82, 2.24) is 0 Å². The second-order valence-electron chi connectivity index (χ2n) is 4.78. The van der Waals surface area contributed by atoms with Crippen LogP contribution in [0.2, 0.25) is 10.0 Å². The zero-order valence-corrected chi connectivity index (χ0v) is 14.2. The van der Waals surface area contributed by atoms with Crippen molar-refractivity contribution in [2.75, 3.05) is 6.61 Å². The summed E-state index contributed by atoms with van der Waals surface area (Å²) in [5.41, 5.74) is 1.37. The molecule has 2 rings (SSSR count). The molecule has 0 fully saturated rings. The minimum Gasteiger partial charge on any atom is -0.493 e. The van der Waals surface area contributed by atoms with Gasteiger partial charge in [0.15, 0.2) is 0 Å². The molecule has 0 amide bonds. The van der Waals surface area contributed by atoms with Gasteiger partial charge in [-0.1, -0.05) is 29.3 Å². The van der Waals surface area contributed by atoms with Crippen LogP contribution in [0.4, 0.5) is 0 Å². The number of allylic oxidation sites excluding steroid dienone is 1. The number of hydrogen-bond acceptors (Lipinski definition) is 3. The maximum Gasteiger partial charge on any atom is 0.335 e. The summed E-state index contributed by atoms with van der Waals surface area (Å²) in [5, 5.41) is 19.4. The lowest BCUT2D eigenvalue weighted by Crippen LogP contribution is -2.00. The number of hydrogen-bond donors (Lipinski definition) is 1. The van der Waals surface area contributed by atoms with E-state index in [1.807, 2.05) is 6.92 Å². The fourth-order valence-corrected chi connectivity index (χ4v) is 2.63. The molecule has 24 heavy (non-hydrogen) atoms. The molecule has 0 bridgehead atoms. The highest BCUT2D eigenvalue weighted by Crippen LogP contribution is 2.30. The normalized spacial score (nSPS) is 11.0. The minimum absolute atomic E-state index is 0.101. The second kappa shape index (κ2) is 7.87. The third-order valence-electron chi connectivity index (χ3n) is 3.20. The third kappa shape index (κ3) is 4.08. The van der Waals surface area contributed by atoms with Gasteiger partial charge >= 0.3 is 5.97 Å². The lowest BCUT2D eigenvalue weighted by Gasteiger charge is -2.09. The second-order valence-corrected chi connectivity index (χ2v) is 5.63. The Hall–Kier alpha value is -2.48. The van der Waals surface area contributed by atoms with Crippen LogP contribution in [0.15, 0.2) is 36.4 Å². The number of nitriles is 1. The summed E-state index contributed by atoms with van der Waals surface area (Å²) in [6.45, 7) is 2.23. The summed E-state index contributed by atoms with van der Waals surface area (Å²) in [5.74, 6) is -0.573. The van der Waals surface area contributed by atoms with E-state index in [1.165, 1.54) is 12.1 Å². The van der Waals surface area contributed by atoms with Crippen LogP contribution < -0.4 is 4.74 Å². The lowest BCUT2D eigenvalue weighted by molar-refractivity contribution is 0.0697. The molecular formula is C18H13Cl2NO3. The van der Waals surface area contributed by atoms with Crippen LogP contribution in [0.25, 0.3) is 11.6 Å². The van der Waals surface area contributed by atoms with Crippen molar-refractivity contribution in [3.8, 4) is 11.8 Å². The Balaban J connectivity index is 2.59. The van der Waals surface area contributed by atoms with Gasteiger partial charge in [-0.25, -0.2) is 4.79 Å². The maximum absolute atomic E-state index is 11.2. The van der Waals surface area contributed by atoms with Crippen molar-refractivity contribution in [2.45, 2.75) is 6.92 Å². The molecule has 122 valence electrons. The average molecular weight is 362 g/mol. The summed E-state index contributed by atoms with van der Waals surface area (Å²) < 4.78 is 5.50. The van der Waals surface area contributed by atoms with Crippen LogP contribution in [-0.4, -0.2) is 17.7 Å². The summed E-state index contributed by atoms with van der Waals surface area (Å²) in [6.07, 6.45) is 1.55. The van der Waals surface area contributed by atoms with E-state index in [1.54, 1.807) is 30.3 Å². The number of nitrogens with zero attached hydrogens (tertiary/aromatic N) is 1. The average Bonchev–Trinajstić information content (AvgIpc) is 2.54. The van der Waals surface area contributed by atoms with E-state index in [2.05, 4.69) is 6.07 Å². The smallest absolute Gasteiger partial charge is 0.335 e. The lowest BCUT2D eigenvalue weighted by atomic mass is 10.0. The molecule has 0 saturated carbocycles. The summed E-state index contributed by atoms with van der Waals surface area (Å²) >= 11 is 12.0. The van der Waals surface area contributed by atoms with Crippen LogP contribution in [0.3, 0.4) is 0 Å². The molecule has 0 aromatic heterocycles. The Kier molecular flexibility index (Phi) is 5.86. The zero-order valence-electron chi connectivity index (χ0n) is 12.7. The van der Waals surface area contributed by atoms with Crippen molar-refractivity contribution in [3.63, 3.8) is 0 Å². The molecule has 0 atom stereocenters. The largest absolute Gasteiger partial charge is 0.493 e. The number of rotatable bonds is 5. The molecular weight excluding hydrogens is 349 g/mol. The molecule has 0 spiro atoms. The van der Waals surface area contributed by atoms with E-state index in [-0.39, 0.29) is 11.1 Å². The van der Waals surface area contributed by atoms with Gasteiger partial charge in [0.25, 0.3) is 0 Å². The number of benzene rings is 2. The SMILES string of the molecule is CCOc1ccc(C(=O)O)cc1/C=C(\C#N)c1ccc(Cl)cc1Cl.